The number of ether oxygens (including phenoxy) is 1. The predicted octanol–water partition coefficient (Wildman–Crippen LogP) is 4.54. The van der Waals surface area contributed by atoms with Crippen LogP contribution in [-0.2, 0) is 0 Å². The van der Waals surface area contributed by atoms with Crippen LogP contribution >= 0.6 is 11.6 Å². The lowest BCUT2D eigenvalue weighted by atomic mass is 10.1. The standard InChI is InChI=1S/C16H18ClNO2/c1-10-5-4-6-14(17)16(10)18-11(2)13-8-7-12(20-3)9-15(13)19/h4-9,11,18-19H,1-3H3. The molecule has 1 unspecified atom stereocenters. The van der Waals surface area contributed by atoms with Crippen molar-refractivity contribution in [2.24, 2.45) is 0 Å². The molecule has 3 nitrogen and oxygen atoms in total. The highest BCUT2D eigenvalue weighted by molar-refractivity contribution is 6.33. The Morgan fingerprint density at radius 1 is 1.25 bits per heavy atom. The number of phenolic OH excluding ortho intramolecular Hbond substituents is 1. The Morgan fingerprint density at radius 2 is 2.00 bits per heavy atom. The minimum absolute atomic E-state index is 0.0699. The van der Waals surface area contributed by atoms with Crippen molar-refractivity contribution in [3.8, 4) is 11.5 Å². The first-order valence-electron chi connectivity index (χ1n) is 6.41. The van der Waals surface area contributed by atoms with Gasteiger partial charge in [0.05, 0.1) is 23.9 Å². The van der Waals surface area contributed by atoms with Crippen LogP contribution in [-0.4, -0.2) is 12.2 Å². The zero-order valence-electron chi connectivity index (χ0n) is 11.8. The fourth-order valence-corrected chi connectivity index (χ4v) is 2.40. The third-order valence-corrected chi connectivity index (χ3v) is 3.60. The molecule has 0 aromatic heterocycles. The van der Waals surface area contributed by atoms with Crippen LogP contribution in [0.5, 0.6) is 11.5 Å². The van der Waals surface area contributed by atoms with E-state index in [1.165, 1.54) is 0 Å². The summed E-state index contributed by atoms with van der Waals surface area (Å²) in [7, 11) is 1.57. The summed E-state index contributed by atoms with van der Waals surface area (Å²) in [5, 5.41) is 14.1. The molecule has 2 N–H and O–H groups in total. The lowest BCUT2D eigenvalue weighted by molar-refractivity contribution is 0.406. The van der Waals surface area contributed by atoms with Crippen molar-refractivity contribution in [3.63, 3.8) is 0 Å². The van der Waals surface area contributed by atoms with Crippen LogP contribution in [0.2, 0.25) is 5.02 Å². The quantitative estimate of drug-likeness (QED) is 0.869. The third-order valence-electron chi connectivity index (χ3n) is 3.29. The smallest absolute Gasteiger partial charge is 0.124 e. The van der Waals surface area contributed by atoms with Gasteiger partial charge in [0.15, 0.2) is 0 Å². The molecule has 0 saturated carbocycles. The molecular formula is C16H18ClNO2. The van der Waals surface area contributed by atoms with Crippen molar-refractivity contribution in [3.05, 3.63) is 52.5 Å². The van der Waals surface area contributed by atoms with Crippen molar-refractivity contribution in [1.29, 1.82) is 0 Å². The molecule has 2 rings (SSSR count). The molecule has 0 radical (unpaired) electrons. The van der Waals surface area contributed by atoms with Crippen molar-refractivity contribution in [2.75, 3.05) is 12.4 Å². The molecule has 0 bridgehead atoms. The summed E-state index contributed by atoms with van der Waals surface area (Å²) in [4.78, 5) is 0. The van der Waals surface area contributed by atoms with E-state index in [1.807, 2.05) is 44.2 Å². The summed E-state index contributed by atoms with van der Waals surface area (Å²) in [6.45, 7) is 3.97. The number of para-hydroxylation sites is 1. The highest BCUT2D eigenvalue weighted by atomic mass is 35.5. The minimum Gasteiger partial charge on any atom is -0.507 e. The molecule has 0 aliphatic heterocycles. The van der Waals surface area contributed by atoms with Gasteiger partial charge in [0.25, 0.3) is 0 Å². The lowest BCUT2D eigenvalue weighted by Crippen LogP contribution is -2.08. The van der Waals surface area contributed by atoms with Gasteiger partial charge in [-0.15, -0.1) is 0 Å². The average molecular weight is 292 g/mol. The Hall–Kier alpha value is -1.87. The summed E-state index contributed by atoms with van der Waals surface area (Å²) < 4.78 is 5.08. The Morgan fingerprint density at radius 3 is 2.60 bits per heavy atom. The molecule has 0 fully saturated rings. The highest BCUT2D eigenvalue weighted by Crippen LogP contribution is 2.33. The molecule has 2 aromatic rings. The summed E-state index contributed by atoms with van der Waals surface area (Å²) in [5.74, 6) is 0.835. The maximum Gasteiger partial charge on any atom is 0.124 e. The fourth-order valence-electron chi connectivity index (χ4n) is 2.13. The molecule has 0 aliphatic carbocycles. The van der Waals surface area contributed by atoms with Gasteiger partial charge in [0.2, 0.25) is 0 Å². The summed E-state index contributed by atoms with van der Waals surface area (Å²) in [5.41, 5.74) is 2.75. The largest absolute Gasteiger partial charge is 0.507 e. The SMILES string of the molecule is COc1ccc(C(C)Nc2c(C)cccc2Cl)c(O)c1. The van der Waals surface area contributed by atoms with Crippen LogP contribution in [0.15, 0.2) is 36.4 Å². The number of methoxy groups -OCH3 is 1. The van der Waals surface area contributed by atoms with E-state index >= 15 is 0 Å². The average Bonchev–Trinajstić information content (AvgIpc) is 2.42. The first-order chi connectivity index (χ1) is 9.52. The Kier molecular flexibility index (Phi) is 4.40. The van der Waals surface area contributed by atoms with Gasteiger partial charge in [-0.05, 0) is 37.6 Å². The fraction of sp³-hybridized carbons (Fsp3) is 0.250. The van der Waals surface area contributed by atoms with Crippen LogP contribution < -0.4 is 10.1 Å². The number of phenols is 1. The number of nitrogens with one attached hydrogen (secondary N) is 1. The van der Waals surface area contributed by atoms with Crippen LogP contribution in [0.3, 0.4) is 0 Å². The van der Waals surface area contributed by atoms with Crippen molar-refractivity contribution in [2.45, 2.75) is 19.9 Å². The van der Waals surface area contributed by atoms with Gasteiger partial charge < -0.3 is 15.2 Å². The number of rotatable bonds is 4. The van der Waals surface area contributed by atoms with E-state index in [1.54, 1.807) is 13.2 Å². The third kappa shape index (κ3) is 2.99. The predicted molar refractivity (Wildman–Crippen MR) is 82.9 cm³/mol. The van der Waals surface area contributed by atoms with E-state index in [9.17, 15) is 5.11 Å². The maximum atomic E-state index is 10.1. The molecule has 20 heavy (non-hydrogen) atoms. The van der Waals surface area contributed by atoms with Gasteiger partial charge in [-0.25, -0.2) is 0 Å². The van der Waals surface area contributed by atoms with Gasteiger partial charge in [-0.1, -0.05) is 23.7 Å². The molecule has 0 aliphatic rings. The number of aryl methyl sites for hydroxylation is 1. The number of hydrogen-bond donors (Lipinski definition) is 2. The molecule has 0 amide bonds. The second-order valence-corrected chi connectivity index (χ2v) is 5.13. The van der Waals surface area contributed by atoms with E-state index in [-0.39, 0.29) is 11.8 Å². The van der Waals surface area contributed by atoms with E-state index in [0.29, 0.717) is 10.8 Å². The van der Waals surface area contributed by atoms with Crippen molar-refractivity contribution >= 4 is 17.3 Å². The molecule has 0 heterocycles. The molecule has 0 spiro atoms. The topological polar surface area (TPSA) is 41.5 Å². The van der Waals surface area contributed by atoms with Gasteiger partial charge in [0, 0.05) is 11.6 Å². The normalized spacial score (nSPS) is 12.0. The second kappa shape index (κ2) is 6.06. The Balaban J connectivity index is 2.26. The van der Waals surface area contributed by atoms with Crippen LogP contribution in [0.25, 0.3) is 0 Å². The van der Waals surface area contributed by atoms with Gasteiger partial charge in [-0.2, -0.15) is 0 Å². The first kappa shape index (κ1) is 14.5. The number of aromatic hydroxyl groups is 1. The Bertz CT molecular complexity index is 593. The molecule has 106 valence electrons. The zero-order chi connectivity index (χ0) is 14.7. The monoisotopic (exact) mass is 291 g/mol. The molecule has 2 aromatic carbocycles. The molecule has 1 atom stereocenters. The first-order valence-corrected chi connectivity index (χ1v) is 6.79. The van der Waals surface area contributed by atoms with Crippen LogP contribution in [0.1, 0.15) is 24.1 Å². The van der Waals surface area contributed by atoms with Crippen LogP contribution in [0, 0.1) is 6.92 Å². The summed E-state index contributed by atoms with van der Waals surface area (Å²) >= 11 is 6.20. The minimum atomic E-state index is -0.0699. The zero-order valence-corrected chi connectivity index (χ0v) is 12.5. The van der Waals surface area contributed by atoms with Gasteiger partial charge in [0.1, 0.15) is 11.5 Å². The van der Waals surface area contributed by atoms with Crippen molar-refractivity contribution < 1.29 is 9.84 Å². The number of anilines is 1. The number of benzene rings is 2. The van der Waals surface area contributed by atoms with E-state index in [0.717, 1.165) is 16.8 Å². The number of halogens is 1. The molecular weight excluding hydrogens is 274 g/mol. The van der Waals surface area contributed by atoms with Crippen molar-refractivity contribution in [1.82, 2.24) is 0 Å². The molecule has 4 heteroatoms. The maximum absolute atomic E-state index is 10.1. The second-order valence-electron chi connectivity index (χ2n) is 4.72. The molecule has 0 saturated heterocycles. The summed E-state index contributed by atoms with van der Waals surface area (Å²) in [6, 6.07) is 11.0. The van der Waals surface area contributed by atoms with Gasteiger partial charge in [-0.3, -0.25) is 0 Å². The highest BCUT2D eigenvalue weighted by Gasteiger charge is 2.13. The summed E-state index contributed by atoms with van der Waals surface area (Å²) in [6.07, 6.45) is 0. The lowest BCUT2D eigenvalue weighted by Gasteiger charge is -2.19. The van der Waals surface area contributed by atoms with E-state index in [4.69, 9.17) is 16.3 Å². The Labute approximate surface area is 124 Å². The van der Waals surface area contributed by atoms with Gasteiger partial charge >= 0.3 is 0 Å². The number of hydrogen-bond acceptors (Lipinski definition) is 3. The van der Waals surface area contributed by atoms with Crippen LogP contribution in [0.4, 0.5) is 5.69 Å². The van der Waals surface area contributed by atoms with E-state index in [2.05, 4.69) is 5.32 Å². The van der Waals surface area contributed by atoms with E-state index < -0.39 is 0 Å².